The molecule has 0 aromatic carbocycles. The topological polar surface area (TPSA) is 69.1 Å². The molecule has 6 heteroatoms. The number of ether oxygens (including phenoxy) is 1. The van der Waals surface area contributed by atoms with Crippen LogP contribution < -0.4 is 10.6 Å². The van der Waals surface area contributed by atoms with Gasteiger partial charge in [0.2, 0.25) is 0 Å². The quantitative estimate of drug-likeness (QED) is 0.494. The minimum Gasteiger partial charge on any atom is -0.388 e. The minimum atomic E-state index is -0.532. The maximum absolute atomic E-state index is 10.2. The number of nitrogens with zero attached hydrogens (tertiary/aromatic N) is 2. The van der Waals surface area contributed by atoms with Gasteiger partial charge >= 0.3 is 0 Å². The largest absolute Gasteiger partial charge is 0.388 e. The van der Waals surface area contributed by atoms with Crippen LogP contribution in [0.15, 0.2) is 4.99 Å². The number of hydrogen-bond acceptors (Lipinski definition) is 4. The molecule has 6 nitrogen and oxygen atoms in total. The van der Waals surface area contributed by atoms with Gasteiger partial charge in [-0.2, -0.15) is 0 Å². The number of hydrogen-bond donors (Lipinski definition) is 3. The summed E-state index contributed by atoms with van der Waals surface area (Å²) in [5.41, 5.74) is -0.518. The van der Waals surface area contributed by atoms with Crippen LogP contribution in [0.25, 0.3) is 0 Å². The van der Waals surface area contributed by atoms with E-state index >= 15 is 0 Å². The summed E-state index contributed by atoms with van der Waals surface area (Å²) in [4.78, 5) is 7.16. The van der Waals surface area contributed by atoms with E-state index in [1.54, 1.807) is 0 Å². The molecule has 0 spiro atoms. The van der Waals surface area contributed by atoms with Gasteiger partial charge in [-0.1, -0.05) is 0 Å². The van der Waals surface area contributed by atoms with Crippen molar-refractivity contribution in [2.24, 2.45) is 4.99 Å². The van der Waals surface area contributed by atoms with Gasteiger partial charge in [0.15, 0.2) is 5.96 Å². The van der Waals surface area contributed by atoms with Crippen LogP contribution in [0.1, 0.15) is 40.0 Å². The first kappa shape index (κ1) is 17.5. The second-order valence-electron chi connectivity index (χ2n) is 7.04. The maximum atomic E-state index is 10.2. The zero-order valence-electron chi connectivity index (χ0n) is 14.3. The van der Waals surface area contributed by atoms with E-state index in [0.29, 0.717) is 6.54 Å². The Bertz CT molecular complexity index is 374. The highest BCUT2D eigenvalue weighted by Crippen LogP contribution is 2.30. The number of aliphatic hydroxyl groups is 1. The molecule has 1 heterocycles. The molecule has 0 radical (unpaired) electrons. The zero-order valence-corrected chi connectivity index (χ0v) is 14.3. The first-order valence-electron chi connectivity index (χ1n) is 8.53. The Labute approximate surface area is 134 Å². The molecule has 2 aliphatic rings. The fraction of sp³-hybridized carbons (Fsp3) is 0.938. The Balaban J connectivity index is 1.87. The minimum absolute atomic E-state index is 0.0134. The molecule has 2 fully saturated rings. The zero-order chi connectivity index (χ0) is 16.1. The molecule has 1 aliphatic carbocycles. The molecule has 2 rings (SSSR count). The number of nitrogens with one attached hydrogen (secondary N) is 2. The Morgan fingerprint density at radius 1 is 1.27 bits per heavy atom. The van der Waals surface area contributed by atoms with Gasteiger partial charge in [-0.15, -0.1) is 0 Å². The summed E-state index contributed by atoms with van der Waals surface area (Å²) in [6.45, 7) is 12.2. The summed E-state index contributed by atoms with van der Waals surface area (Å²) in [6.07, 6.45) is 2.90. The molecule has 1 aliphatic heterocycles. The molecule has 1 saturated carbocycles. The normalized spacial score (nSPS) is 23.0. The van der Waals surface area contributed by atoms with Gasteiger partial charge in [0.1, 0.15) is 0 Å². The van der Waals surface area contributed by atoms with Gasteiger partial charge in [0.25, 0.3) is 0 Å². The van der Waals surface area contributed by atoms with Crippen LogP contribution in [0.4, 0.5) is 0 Å². The van der Waals surface area contributed by atoms with Crippen molar-refractivity contribution in [3.05, 3.63) is 0 Å². The van der Waals surface area contributed by atoms with Gasteiger partial charge in [-0.05, 0) is 40.0 Å². The van der Waals surface area contributed by atoms with Crippen LogP contribution in [-0.4, -0.2) is 73.0 Å². The van der Waals surface area contributed by atoms with Crippen molar-refractivity contribution in [1.82, 2.24) is 15.5 Å². The highest BCUT2D eigenvalue weighted by atomic mass is 16.5. The number of guanidine groups is 1. The third kappa shape index (κ3) is 4.83. The van der Waals surface area contributed by atoms with Gasteiger partial charge in [0, 0.05) is 31.7 Å². The van der Waals surface area contributed by atoms with Gasteiger partial charge in [-0.3, -0.25) is 9.89 Å². The summed E-state index contributed by atoms with van der Waals surface area (Å²) in [5, 5.41) is 16.7. The monoisotopic (exact) mass is 312 g/mol. The number of rotatable bonds is 6. The molecule has 0 aromatic heterocycles. The lowest BCUT2D eigenvalue weighted by atomic mass is 9.80. The summed E-state index contributed by atoms with van der Waals surface area (Å²) in [7, 11) is 0. The summed E-state index contributed by atoms with van der Waals surface area (Å²) >= 11 is 0. The van der Waals surface area contributed by atoms with Crippen LogP contribution in [0.5, 0.6) is 0 Å². The molecule has 0 aromatic rings. The SMILES string of the molecule is CCNC(=NCC(C)(C)N1CCOCC1)NCC1(O)CCC1. The second kappa shape index (κ2) is 7.62. The van der Waals surface area contributed by atoms with Crippen molar-refractivity contribution in [1.29, 1.82) is 0 Å². The lowest BCUT2D eigenvalue weighted by Crippen LogP contribution is -2.53. The molecule has 0 unspecified atom stereocenters. The van der Waals surface area contributed by atoms with Crippen molar-refractivity contribution in [2.45, 2.75) is 51.2 Å². The van der Waals surface area contributed by atoms with Crippen molar-refractivity contribution >= 4 is 5.96 Å². The van der Waals surface area contributed by atoms with E-state index in [9.17, 15) is 5.11 Å². The molecular formula is C16H32N4O2. The van der Waals surface area contributed by atoms with Crippen molar-refractivity contribution in [3.63, 3.8) is 0 Å². The highest BCUT2D eigenvalue weighted by Gasteiger charge is 2.34. The van der Waals surface area contributed by atoms with E-state index in [0.717, 1.165) is 64.6 Å². The van der Waals surface area contributed by atoms with E-state index in [2.05, 4.69) is 36.3 Å². The number of morpholine rings is 1. The predicted molar refractivity (Wildman–Crippen MR) is 89.3 cm³/mol. The maximum Gasteiger partial charge on any atom is 0.191 e. The van der Waals surface area contributed by atoms with E-state index < -0.39 is 5.60 Å². The Morgan fingerprint density at radius 2 is 1.95 bits per heavy atom. The molecule has 1 saturated heterocycles. The van der Waals surface area contributed by atoms with E-state index in [4.69, 9.17) is 9.73 Å². The molecular weight excluding hydrogens is 280 g/mol. The third-order valence-corrected chi connectivity index (χ3v) is 4.70. The van der Waals surface area contributed by atoms with Gasteiger partial charge in [-0.25, -0.2) is 0 Å². The standard InChI is InChI=1S/C16H32N4O2/c1-4-17-14(19-13-16(21)6-5-7-16)18-12-15(2,3)20-8-10-22-11-9-20/h21H,4-13H2,1-3H3,(H2,17,18,19). The second-order valence-corrected chi connectivity index (χ2v) is 7.04. The fourth-order valence-corrected chi connectivity index (χ4v) is 2.89. The summed E-state index contributed by atoms with van der Waals surface area (Å²) in [5.74, 6) is 0.796. The van der Waals surface area contributed by atoms with E-state index in [1.165, 1.54) is 0 Å². The molecule has 0 bridgehead atoms. The van der Waals surface area contributed by atoms with Crippen LogP contribution in [0.3, 0.4) is 0 Å². The third-order valence-electron chi connectivity index (χ3n) is 4.70. The Kier molecular flexibility index (Phi) is 6.06. The average molecular weight is 312 g/mol. The summed E-state index contributed by atoms with van der Waals surface area (Å²) in [6, 6.07) is 0. The molecule has 128 valence electrons. The lowest BCUT2D eigenvalue weighted by molar-refractivity contribution is -0.0279. The van der Waals surface area contributed by atoms with Crippen LogP contribution in [-0.2, 0) is 4.74 Å². The van der Waals surface area contributed by atoms with Gasteiger partial charge < -0.3 is 20.5 Å². The summed E-state index contributed by atoms with van der Waals surface area (Å²) < 4.78 is 5.42. The first-order chi connectivity index (χ1) is 10.5. The van der Waals surface area contributed by atoms with E-state index in [-0.39, 0.29) is 5.54 Å². The Hall–Kier alpha value is -0.850. The van der Waals surface area contributed by atoms with Crippen molar-refractivity contribution in [2.75, 3.05) is 45.9 Å². The smallest absolute Gasteiger partial charge is 0.191 e. The van der Waals surface area contributed by atoms with Gasteiger partial charge in [0.05, 0.1) is 25.4 Å². The number of aliphatic imine (C=N–C) groups is 1. The molecule has 3 N–H and O–H groups in total. The highest BCUT2D eigenvalue weighted by molar-refractivity contribution is 5.79. The van der Waals surface area contributed by atoms with Crippen LogP contribution in [0.2, 0.25) is 0 Å². The van der Waals surface area contributed by atoms with Crippen molar-refractivity contribution < 1.29 is 9.84 Å². The first-order valence-corrected chi connectivity index (χ1v) is 8.53. The molecule has 22 heavy (non-hydrogen) atoms. The van der Waals surface area contributed by atoms with Crippen molar-refractivity contribution in [3.8, 4) is 0 Å². The molecule has 0 atom stereocenters. The fourth-order valence-electron chi connectivity index (χ4n) is 2.89. The Morgan fingerprint density at radius 3 is 2.50 bits per heavy atom. The molecule has 0 amide bonds. The predicted octanol–water partition coefficient (Wildman–Crippen LogP) is 0.567. The van der Waals surface area contributed by atoms with E-state index in [1.807, 2.05) is 0 Å². The van der Waals surface area contributed by atoms with Crippen LogP contribution >= 0.6 is 0 Å². The lowest BCUT2D eigenvalue weighted by Gasteiger charge is -2.40. The average Bonchev–Trinajstić information content (AvgIpc) is 2.49. The van der Waals surface area contributed by atoms with Crippen LogP contribution in [0, 0.1) is 0 Å².